The molecule has 0 heterocycles. The number of halogens is 1. The van der Waals surface area contributed by atoms with Crippen molar-refractivity contribution >= 4 is 21.6 Å². The van der Waals surface area contributed by atoms with Crippen LogP contribution in [0.2, 0.25) is 0 Å². The first-order valence-corrected chi connectivity index (χ1v) is 4.05. The van der Waals surface area contributed by atoms with Gasteiger partial charge in [-0.2, -0.15) is 0 Å². The monoisotopic (exact) mass is 198 g/mol. The van der Waals surface area contributed by atoms with Crippen molar-refractivity contribution in [2.45, 2.75) is 6.92 Å². The maximum atomic E-state index is 4.23. The molecule has 0 saturated heterocycles. The quantitative estimate of drug-likeness (QED) is 0.695. The van der Waals surface area contributed by atoms with E-state index in [1.807, 2.05) is 31.2 Å². The van der Waals surface area contributed by atoms with Gasteiger partial charge in [-0.3, -0.25) is 5.32 Å². The highest BCUT2D eigenvalue weighted by molar-refractivity contribution is 9.10. The van der Waals surface area contributed by atoms with Crippen LogP contribution < -0.4 is 5.32 Å². The smallest absolute Gasteiger partial charge is 0.0574 e. The van der Waals surface area contributed by atoms with E-state index in [4.69, 9.17) is 0 Å². The van der Waals surface area contributed by atoms with Gasteiger partial charge in [-0.25, -0.2) is 0 Å². The first kappa shape index (κ1) is 7.61. The molecule has 10 heavy (non-hydrogen) atoms. The predicted molar refractivity (Wildman–Crippen MR) is 46.5 cm³/mol. The molecule has 0 N–H and O–H groups in total. The summed E-state index contributed by atoms with van der Waals surface area (Å²) in [6, 6.07) is 7.98. The Bertz CT molecular complexity index is 193. The second-order valence-electron chi connectivity index (χ2n) is 1.95. The zero-order chi connectivity index (χ0) is 7.40. The summed E-state index contributed by atoms with van der Waals surface area (Å²) in [5.41, 5.74) is 1.05. The Balaban J connectivity index is 2.69. The zero-order valence-electron chi connectivity index (χ0n) is 5.84. The maximum Gasteiger partial charge on any atom is 0.0574 e. The van der Waals surface area contributed by atoms with E-state index in [1.54, 1.807) is 0 Å². The van der Waals surface area contributed by atoms with Crippen LogP contribution in [0, 0.1) is 0 Å². The summed E-state index contributed by atoms with van der Waals surface area (Å²) in [7, 11) is 0. The minimum atomic E-state index is 0.849. The molecule has 0 spiro atoms. The molecule has 0 aliphatic rings. The fourth-order valence-electron chi connectivity index (χ4n) is 0.729. The van der Waals surface area contributed by atoms with Gasteiger partial charge >= 0.3 is 0 Å². The van der Waals surface area contributed by atoms with Crippen molar-refractivity contribution in [2.75, 3.05) is 6.54 Å². The van der Waals surface area contributed by atoms with Gasteiger partial charge in [0, 0.05) is 11.0 Å². The van der Waals surface area contributed by atoms with E-state index in [2.05, 4.69) is 21.2 Å². The summed E-state index contributed by atoms with van der Waals surface area (Å²) in [4.78, 5) is 0. The Labute approximate surface area is 69.6 Å². The third-order valence-electron chi connectivity index (χ3n) is 1.17. The summed E-state index contributed by atoms with van der Waals surface area (Å²) in [5, 5.41) is 4.23. The second kappa shape index (κ2) is 3.62. The number of hydrogen-bond acceptors (Lipinski definition) is 0. The SMILES string of the molecule is CC[N]c1ccc(Br)cc1. The van der Waals surface area contributed by atoms with Gasteiger partial charge in [0.05, 0.1) is 5.69 Å². The third kappa shape index (κ3) is 2.03. The van der Waals surface area contributed by atoms with Crippen molar-refractivity contribution in [3.8, 4) is 0 Å². The van der Waals surface area contributed by atoms with Crippen LogP contribution in [-0.2, 0) is 0 Å². The van der Waals surface area contributed by atoms with Gasteiger partial charge in [-0.15, -0.1) is 0 Å². The molecule has 2 heteroatoms. The van der Waals surface area contributed by atoms with Crippen molar-refractivity contribution in [3.63, 3.8) is 0 Å². The summed E-state index contributed by atoms with van der Waals surface area (Å²) in [5.74, 6) is 0. The largest absolute Gasteiger partial charge is 0.286 e. The molecule has 0 aromatic heterocycles. The standard InChI is InChI=1S/C8H9BrN/c1-2-10-8-5-3-7(9)4-6-8/h3-6H,2H2,1H3. The van der Waals surface area contributed by atoms with Crippen LogP contribution >= 0.6 is 15.9 Å². The lowest BCUT2D eigenvalue weighted by molar-refractivity contribution is 0.912. The van der Waals surface area contributed by atoms with Crippen LogP contribution in [0.25, 0.3) is 0 Å². The van der Waals surface area contributed by atoms with Gasteiger partial charge in [0.15, 0.2) is 0 Å². The molecule has 0 aliphatic heterocycles. The van der Waals surface area contributed by atoms with Crippen LogP contribution in [-0.4, -0.2) is 6.54 Å². The first-order chi connectivity index (χ1) is 4.83. The molecule has 0 aliphatic carbocycles. The third-order valence-corrected chi connectivity index (χ3v) is 1.70. The van der Waals surface area contributed by atoms with Crippen molar-refractivity contribution in [3.05, 3.63) is 28.7 Å². The number of hydrogen-bond donors (Lipinski definition) is 0. The predicted octanol–water partition coefficient (Wildman–Crippen LogP) is 2.70. The molecule has 0 amide bonds. The normalized spacial score (nSPS) is 9.40. The minimum absolute atomic E-state index is 0.849. The Morgan fingerprint density at radius 2 is 1.90 bits per heavy atom. The van der Waals surface area contributed by atoms with Gasteiger partial charge in [0.1, 0.15) is 0 Å². The first-order valence-electron chi connectivity index (χ1n) is 3.26. The Hall–Kier alpha value is -0.500. The lowest BCUT2D eigenvalue weighted by Crippen LogP contribution is -1.93. The summed E-state index contributed by atoms with van der Waals surface area (Å²) in [6.07, 6.45) is 0. The number of rotatable bonds is 2. The van der Waals surface area contributed by atoms with E-state index in [0.717, 1.165) is 16.7 Å². The number of nitrogens with zero attached hydrogens (tertiary/aromatic N) is 1. The van der Waals surface area contributed by atoms with Gasteiger partial charge < -0.3 is 0 Å². The van der Waals surface area contributed by atoms with Crippen LogP contribution in [0.15, 0.2) is 28.7 Å². The van der Waals surface area contributed by atoms with Crippen LogP contribution in [0.4, 0.5) is 5.69 Å². The average molecular weight is 199 g/mol. The molecule has 53 valence electrons. The van der Waals surface area contributed by atoms with E-state index in [-0.39, 0.29) is 0 Å². The Morgan fingerprint density at radius 3 is 2.40 bits per heavy atom. The molecule has 1 radical (unpaired) electrons. The summed E-state index contributed by atoms with van der Waals surface area (Å²) in [6.45, 7) is 2.88. The number of benzene rings is 1. The van der Waals surface area contributed by atoms with Crippen LogP contribution in [0.5, 0.6) is 0 Å². The highest BCUT2D eigenvalue weighted by atomic mass is 79.9. The second-order valence-corrected chi connectivity index (χ2v) is 2.87. The fourth-order valence-corrected chi connectivity index (χ4v) is 0.993. The minimum Gasteiger partial charge on any atom is -0.286 e. The highest BCUT2D eigenvalue weighted by Crippen LogP contribution is 2.13. The molecular weight excluding hydrogens is 190 g/mol. The van der Waals surface area contributed by atoms with E-state index < -0.39 is 0 Å². The van der Waals surface area contributed by atoms with Crippen LogP contribution in [0.3, 0.4) is 0 Å². The average Bonchev–Trinajstić information content (AvgIpc) is 1.95. The van der Waals surface area contributed by atoms with Gasteiger partial charge in [-0.1, -0.05) is 15.9 Å². The lowest BCUT2D eigenvalue weighted by Gasteiger charge is -1.97. The summed E-state index contributed by atoms with van der Waals surface area (Å²) >= 11 is 3.35. The Morgan fingerprint density at radius 1 is 1.30 bits per heavy atom. The van der Waals surface area contributed by atoms with Crippen molar-refractivity contribution in [1.29, 1.82) is 0 Å². The van der Waals surface area contributed by atoms with E-state index in [0.29, 0.717) is 0 Å². The van der Waals surface area contributed by atoms with E-state index >= 15 is 0 Å². The Kier molecular flexibility index (Phi) is 2.75. The molecule has 0 saturated carbocycles. The van der Waals surface area contributed by atoms with Gasteiger partial charge in [0.25, 0.3) is 0 Å². The van der Waals surface area contributed by atoms with E-state index in [1.165, 1.54) is 0 Å². The van der Waals surface area contributed by atoms with Crippen molar-refractivity contribution in [1.82, 2.24) is 5.32 Å². The lowest BCUT2D eigenvalue weighted by atomic mass is 10.3. The maximum absolute atomic E-state index is 4.23. The topological polar surface area (TPSA) is 14.1 Å². The highest BCUT2D eigenvalue weighted by Gasteiger charge is 1.88. The molecule has 0 fully saturated rings. The molecule has 1 nitrogen and oxygen atoms in total. The molecule has 0 atom stereocenters. The zero-order valence-corrected chi connectivity index (χ0v) is 7.43. The summed E-state index contributed by atoms with van der Waals surface area (Å²) < 4.78 is 1.10. The van der Waals surface area contributed by atoms with Gasteiger partial charge in [0.2, 0.25) is 0 Å². The van der Waals surface area contributed by atoms with E-state index in [9.17, 15) is 0 Å². The molecule has 0 unspecified atom stereocenters. The molecule has 1 rings (SSSR count). The van der Waals surface area contributed by atoms with Crippen molar-refractivity contribution < 1.29 is 0 Å². The molecule has 1 aromatic carbocycles. The molecular formula is C8H9BrN. The van der Waals surface area contributed by atoms with Crippen LogP contribution in [0.1, 0.15) is 6.92 Å². The molecule has 0 bridgehead atoms. The van der Waals surface area contributed by atoms with Crippen molar-refractivity contribution in [2.24, 2.45) is 0 Å². The molecule has 1 aromatic rings. The van der Waals surface area contributed by atoms with Gasteiger partial charge in [-0.05, 0) is 31.2 Å². The fraction of sp³-hybridized carbons (Fsp3) is 0.250.